The van der Waals surface area contributed by atoms with Crippen molar-refractivity contribution in [1.29, 1.82) is 0 Å². The van der Waals surface area contributed by atoms with Crippen molar-refractivity contribution in [1.82, 2.24) is 9.78 Å². The van der Waals surface area contributed by atoms with Crippen LogP contribution < -0.4 is 0 Å². The first-order valence-electron chi connectivity index (χ1n) is 4.05. The van der Waals surface area contributed by atoms with Gasteiger partial charge >= 0.3 is 0 Å². The summed E-state index contributed by atoms with van der Waals surface area (Å²) in [4.78, 5) is 2.57. The zero-order valence-electron chi connectivity index (χ0n) is 7.19. The molecule has 14 heavy (non-hydrogen) atoms. The lowest BCUT2D eigenvalue weighted by Crippen LogP contribution is -2.17. The number of alkyl halides is 2. The molecule has 0 amide bonds. The minimum absolute atomic E-state index is 0.0852. The highest BCUT2D eigenvalue weighted by molar-refractivity contribution is 5.22. The van der Waals surface area contributed by atoms with E-state index in [1.165, 1.54) is 10.9 Å². The smallest absolute Gasteiger partial charge is 0.263 e. The van der Waals surface area contributed by atoms with Gasteiger partial charge in [-0.05, 0) is 11.1 Å². The lowest BCUT2D eigenvalue weighted by Gasteiger charge is -2.04. The molecule has 1 aromatic rings. The third-order valence-corrected chi connectivity index (χ3v) is 2.15. The molecule has 5 nitrogen and oxygen atoms in total. The molecule has 0 bridgehead atoms. The Bertz CT molecular complexity index is 404. The maximum absolute atomic E-state index is 12.9. The Labute approximate surface area is 78.0 Å². The summed E-state index contributed by atoms with van der Waals surface area (Å²) in [6, 6.07) is 0. The van der Waals surface area contributed by atoms with Crippen LogP contribution in [0.3, 0.4) is 0 Å². The Kier molecular flexibility index (Phi) is 1.89. The number of hydrogen-bond acceptors (Lipinski definition) is 2. The lowest BCUT2D eigenvalue weighted by atomic mass is 10.1. The molecule has 1 aliphatic heterocycles. The van der Waals surface area contributed by atoms with Gasteiger partial charge in [-0.15, -0.1) is 0 Å². The van der Waals surface area contributed by atoms with Gasteiger partial charge in [0, 0.05) is 10.6 Å². The molecule has 1 aliphatic rings. The number of nitrogens with zero attached hydrogens (tertiary/aromatic N) is 5. The van der Waals surface area contributed by atoms with Gasteiger partial charge in [0.1, 0.15) is 6.54 Å². The van der Waals surface area contributed by atoms with Crippen molar-refractivity contribution in [3.05, 3.63) is 27.9 Å². The summed E-state index contributed by atoms with van der Waals surface area (Å²) >= 11 is 0. The zero-order chi connectivity index (χ0) is 10.2. The van der Waals surface area contributed by atoms with Crippen LogP contribution in [0, 0.1) is 0 Å². The summed E-state index contributed by atoms with van der Waals surface area (Å²) in [5.74, 6) is -2.71. The van der Waals surface area contributed by atoms with Gasteiger partial charge in [-0.3, -0.25) is 4.68 Å². The molecule has 0 aromatic carbocycles. The Balaban J connectivity index is 2.27. The van der Waals surface area contributed by atoms with E-state index in [-0.39, 0.29) is 19.5 Å². The van der Waals surface area contributed by atoms with Crippen LogP contribution in [0.25, 0.3) is 10.4 Å². The molecule has 0 saturated carbocycles. The van der Waals surface area contributed by atoms with E-state index in [4.69, 9.17) is 5.53 Å². The molecule has 74 valence electrons. The molecule has 0 aliphatic carbocycles. The molecule has 2 rings (SSSR count). The van der Waals surface area contributed by atoms with E-state index in [9.17, 15) is 8.78 Å². The van der Waals surface area contributed by atoms with Gasteiger partial charge < -0.3 is 0 Å². The van der Waals surface area contributed by atoms with Crippen LogP contribution in [0.2, 0.25) is 0 Å². The highest BCUT2D eigenvalue weighted by Gasteiger charge is 2.39. The second kappa shape index (κ2) is 2.95. The van der Waals surface area contributed by atoms with Gasteiger partial charge in [0.25, 0.3) is 5.92 Å². The average Bonchev–Trinajstić information content (AvgIpc) is 2.57. The molecular weight excluding hydrogens is 192 g/mol. The molecule has 0 atom stereocenters. The van der Waals surface area contributed by atoms with Crippen molar-refractivity contribution in [2.45, 2.75) is 25.4 Å². The second-order valence-electron chi connectivity index (χ2n) is 3.20. The highest BCUT2D eigenvalue weighted by Crippen LogP contribution is 2.31. The van der Waals surface area contributed by atoms with Crippen molar-refractivity contribution in [2.24, 2.45) is 5.11 Å². The maximum atomic E-state index is 12.9. The van der Waals surface area contributed by atoms with E-state index in [2.05, 4.69) is 15.1 Å². The number of fused-ring (bicyclic) bond motifs is 1. The van der Waals surface area contributed by atoms with Crippen LogP contribution in [0.4, 0.5) is 8.78 Å². The molecule has 0 N–H and O–H groups in total. The fourth-order valence-corrected chi connectivity index (χ4v) is 1.55. The van der Waals surface area contributed by atoms with E-state index in [1.54, 1.807) is 0 Å². The fourth-order valence-electron chi connectivity index (χ4n) is 1.55. The standard InChI is InChI=1S/C7H7F2N5/c8-7(9)1-6-5(2-11-13-10)3-12-14(6)4-7/h3H,1-2,4H2. The van der Waals surface area contributed by atoms with Crippen LogP contribution in [0.15, 0.2) is 11.3 Å². The first-order valence-corrected chi connectivity index (χ1v) is 4.05. The molecule has 0 fully saturated rings. The van der Waals surface area contributed by atoms with Gasteiger partial charge in [0.15, 0.2) is 0 Å². The van der Waals surface area contributed by atoms with Gasteiger partial charge in [-0.25, -0.2) is 8.78 Å². The van der Waals surface area contributed by atoms with Crippen LogP contribution in [0.5, 0.6) is 0 Å². The molecule has 0 spiro atoms. The Morgan fingerprint density at radius 2 is 2.50 bits per heavy atom. The lowest BCUT2D eigenvalue weighted by molar-refractivity contribution is 0.000894. The largest absolute Gasteiger partial charge is 0.272 e. The third kappa shape index (κ3) is 1.42. The number of aromatic nitrogens is 2. The minimum Gasteiger partial charge on any atom is -0.263 e. The summed E-state index contributed by atoms with van der Waals surface area (Å²) in [6.07, 6.45) is 1.16. The second-order valence-corrected chi connectivity index (χ2v) is 3.20. The van der Waals surface area contributed by atoms with Crippen molar-refractivity contribution in [2.75, 3.05) is 0 Å². The van der Waals surface area contributed by atoms with Crippen molar-refractivity contribution in [3.63, 3.8) is 0 Å². The van der Waals surface area contributed by atoms with Crippen molar-refractivity contribution in [3.8, 4) is 0 Å². The Morgan fingerprint density at radius 3 is 3.21 bits per heavy atom. The van der Waals surface area contributed by atoms with Crippen LogP contribution in [0.1, 0.15) is 11.3 Å². The van der Waals surface area contributed by atoms with Gasteiger partial charge in [-0.2, -0.15) is 5.10 Å². The molecule has 1 aromatic heterocycles. The number of hydrogen-bond donors (Lipinski definition) is 0. The molecule has 0 radical (unpaired) electrons. The molecular formula is C7H7F2N5. The monoisotopic (exact) mass is 199 g/mol. The fraction of sp³-hybridized carbons (Fsp3) is 0.571. The minimum atomic E-state index is -2.71. The van der Waals surface area contributed by atoms with Crippen molar-refractivity contribution >= 4 is 0 Å². The number of halogens is 2. The van der Waals surface area contributed by atoms with Crippen molar-refractivity contribution < 1.29 is 8.78 Å². The van der Waals surface area contributed by atoms with Crippen LogP contribution in [-0.4, -0.2) is 15.7 Å². The Hall–Kier alpha value is -1.62. The van der Waals surface area contributed by atoms with Crippen LogP contribution >= 0.6 is 0 Å². The van der Waals surface area contributed by atoms with E-state index in [1.807, 2.05) is 0 Å². The molecule has 7 heteroatoms. The highest BCUT2D eigenvalue weighted by atomic mass is 19.3. The third-order valence-electron chi connectivity index (χ3n) is 2.15. The summed E-state index contributed by atoms with van der Waals surface area (Å²) in [7, 11) is 0. The average molecular weight is 199 g/mol. The summed E-state index contributed by atoms with van der Waals surface area (Å²) in [5, 5.41) is 7.12. The predicted octanol–water partition coefficient (Wildman–Crippen LogP) is 1.88. The maximum Gasteiger partial charge on any atom is 0.272 e. The zero-order valence-corrected chi connectivity index (χ0v) is 7.19. The van der Waals surface area contributed by atoms with Gasteiger partial charge in [0.05, 0.1) is 19.2 Å². The van der Waals surface area contributed by atoms with Gasteiger partial charge in [0.2, 0.25) is 0 Å². The summed E-state index contributed by atoms with van der Waals surface area (Å²) in [5.41, 5.74) is 9.16. The number of rotatable bonds is 2. The van der Waals surface area contributed by atoms with E-state index < -0.39 is 5.92 Å². The SMILES string of the molecule is [N-]=[N+]=NCc1cnn2c1CC(F)(F)C2. The van der Waals surface area contributed by atoms with E-state index in [0.717, 1.165) is 0 Å². The van der Waals surface area contributed by atoms with Gasteiger partial charge in [-0.1, -0.05) is 5.11 Å². The molecule has 0 unspecified atom stereocenters. The molecule has 0 saturated heterocycles. The van der Waals surface area contributed by atoms with E-state index >= 15 is 0 Å². The molecule has 2 heterocycles. The summed E-state index contributed by atoms with van der Waals surface area (Å²) in [6.45, 7) is -0.291. The van der Waals surface area contributed by atoms with E-state index in [0.29, 0.717) is 11.3 Å². The quantitative estimate of drug-likeness (QED) is 0.407. The normalized spacial score (nSPS) is 17.6. The summed E-state index contributed by atoms with van der Waals surface area (Å²) < 4.78 is 27.1. The predicted molar refractivity (Wildman–Crippen MR) is 43.7 cm³/mol. The number of azide groups is 1. The topological polar surface area (TPSA) is 66.6 Å². The Morgan fingerprint density at radius 1 is 1.71 bits per heavy atom. The van der Waals surface area contributed by atoms with Crippen LogP contribution in [-0.2, 0) is 19.5 Å². The first kappa shape index (κ1) is 8.96. The first-order chi connectivity index (χ1) is 6.62.